The van der Waals surface area contributed by atoms with E-state index in [4.69, 9.17) is 15.2 Å². The first-order valence-electron chi connectivity index (χ1n) is 4.10. The van der Waals surface area contributed by atoms with E-state index in [0.29, 0.717) is 0 Å². The molecule has 0 fully saturated rings. The van der Waals surface area contributed by atoms with Gasteiger partial charge in [0.05, 0.1) is 0 Å². The minimum absolute atomic E-state index is 0.284. The second kappa shape index (κ2) is 3.01. The molecule has 1 aliphatic rings. The van der Waals surface area contributed by atoms with Gasteiger partial charge in [-0.25, -0.2) is 0 Å². The highest BCUT2D eigenvalue weighted by atomic mass is 16.7. The quantitative estimate of drug-likeness (QED) is 0.552. The van der Waals surface area contributed by atoms with Gasteiger partial charge in [0, 0.05) is 11.8 Å². The van der Waals surface area contributed by atoms with E-state index in [0.717, 1.165) is 29.2 Å². The van der Waals surface area contributed by atoms with Crippen LogP contribution >= 0.6 is 0 Å². The number of anilines is 1. The maximum Gasteiger partial charge on any atom is 0.231 e. The summed E-state index contributed by atoms with van der Waals surface area (Å²) < 4.78 is 10.4. The number of fused-ring (bicyclic) bond motifs is 1. The molecule has 0 amide bonds. The zero-order valence-electron chi connectivity index (χ0n) is 7.25. The number of benzene rings is 1. The Morgan fingerprint density at radius 2 is 2.08 bits per heavy atom. The molecule has 1 aliphatic heterocycles. The zero-order chi connectivity index (χ0) is 9.26. The molecule has 0 aliphatic carbocycles. The van der Waals surface area contributed by atoms with Crippen molar-refractivity contribution < 1.29 is 9.47 Å². The second-order valence-corrected chi connectivity index (χ2v) is 2.90. The zero-order valence-corrected chi connectivity index (χ0v) is 7.25. The molecule has 0 atom stereocenters. The maximum absolute atomic E-state index is 5.80. The van der Waals surface area contributed by atoms with E-state index in [-0.39, 0.29) is 6.79 Å². The molecular weight excluding hydrogens is 166 g/mol. The van der Waals surface area contributed by atoms with Gasteiger partial charge in [-0.15, -0.1) is 6.58 Å². The van der Waals surface area contributed by atoms with E-state index in [9.17, 15) is 0 Å². The molecule has 2 rings (SSSR count). The SMILES string of the molecule is C=CCc1cc2c(cc1N)OCO2. The standard InChI is InChI=1S/C10H11NO2/c1-2-3-7-4-9-10(5-8(7)11)13-6-12-9/h2,4-5H,1,3,6,11H2. The Balaban J connectivity index is 2.42. The molecule has 3 heteroatoms. The van der Waals surface area contributed by atoms with Gasteiger partial charge in [-0.2, -0.15) is 0 Å². The second-order valence-electron chi connectivity index (χ2n) is 2.90. The number of rotatable bonds is 2. The molecule has 1 aromatic carbocycles. The molecule has 2 N–H and O–H groups in total. The average Bonchev–Trinajstić information content (AvgIpc) is 2.52. The number of nitrogen functional groups attached to an aromatic ring is 1. The lowest BCUT2D eigenvalue weighted by molar-refractivity contribution is 0.174. The summed E-state index contributed by atoms with van der Waals surface area (Å²) in [6.07, 6.45) is 2.57. The van der Waals surface area contributed by atoms with E-state index in [1.807, 2.05) is 12.1 Å². The van der Waals surface area contributed by atoms with Crippen LogP contribution in [-0.2, 0) is 6.42 Å². The molecule has 0 spiro atoms. The highest BCUT2D eigenvalue weighted by Gasteiger charge is 2.15. The van der Waals surface area contributed by atoms with Crippen LogP contribution in [0.3, 0.4) is 0 Å². The van der Waals surface area contributed by atoms with Gasteiger partial charge in [-0.1, -0.05) is 6.08 Å². The van der Waals surface area contributed by atoms with Crippen LogP contribution < -0.4 is 15.2 Å². The van der Waals surface area contributed by atoms with E-state index < -0.39 is 0 Å². The van der Waals surface area contributed by atoms with Gasteiger partial charge < -0.3 is 15.2 Å². The minimum atomic E-state index is 0.284. The van der Waals surface area contributed by atoms with Crippen LogP contribution in [0.25, 0.3) is 0 Å². The summed E-state index contributed by atoms with van der Waals surface area (Å²) in [7, 11) is 0. The first-order chi connectivity index (χ1) is 6.31. The number of hydrogen-bond donors (Lipinski definition) is 1. The number of allylic oxidation sites excluding steroid dienone is 1. The van der Waals surface area contributed by atoms with Gasteiger partial charge in [0.1, 0.15) is 0 Å². The Hall–Kier alpha value is -1.64. The summed E-state index contributed by atoms with van der Waals surface area (Å²) >= 11 is 0. The Labute approximate surface area is 76.8 Å². The van der Waals surface area contributed by atoms with Crippen LogP contribution in [0, 0.1) is 0 Å². The smallest absolute Gasteiger partial charge is 0.231 e. The van der Waals surface area contributed by atoms with Crippen LogP contribution in [0.5, 0.6) is 11.5 Å². The molecule has 1 heterocycles. The van der Waals surface area contributed by atoms with Gasteiger partial charge in [-0.05, 0) is 18.1 Å². The molecule has 1 aromatic rings. The van der Waals surface area contributed by atoms with Crippen molar-refractivity contribution in [1.82, 2.24) is 0 Å². The third-order valence-electron chi connectivity index (χ3n) is 2.00. The average molecular weight is 177 g/mol. The first-order valence-corrected chi connectivity index (χ1v) is 4.10. The maximum atomic E-state index is 5.80. The molecule has 0 aromatic heterocycles. The number of ether oxygens (including phenoxy) is 2. The van der Waals surface area contributed by atoms with Crippen LogP contribution in [0.15, 0.2) is 24.8 Å². The van der Waals surface area contributed by atoms with Crippen molar-refractivity contribution in [2.75, 3.05) is 12.5 Å². The Morgan fingerprint density at radius 3 is 2.77 bits per heavy atom. The number of hydrogen-bond acceptors (Lipinski definition) is 3. The topological polar surface area (TPSA) is 44.5 Å². The van der Waals surface area contributed by atoms with E-state index in [1.54, 1.807) is 6.07 Å². The van der Waals surface area contributed by atoms with E-state index >= 15 is 0 Å². The predicted molar refractivity (Wildman–Crippen MR) is 50.9 cm³/mol. The number of nitrogens with two attached hydrogens (primary N) is 1. The van der Waals surface area contributed by atoms with Crippen LogP contribution in [0.1, 0.15) is 5.56 Å². The fourth-order valence-electron chi connectivity index (χ4n) is 1.33. The molecule has 0 radical (unpaired) electrons. The molecule has 0 unspecified atom stereocenters. The van der Waals surface area contributed by atoms with Crippen molar-refractivity contribution in [2.45, 2.75) is 6.42 Å². The van der Waals surface area contributed by atoms with Gasteiger partial charge in [-0.3, -0.25) is 0 Å². The Morgan fingerprint density at radius 1 is 1.38 bits per heavy atom. The molecule has 68 valence electrons. The van der Waals surface area contributed by atoms with Gasteiger partial charge >= 0.3 is 0 Å². The monoisotopic (exact) mass is 177 g/mol. The fourth-order valence-corrected chi connectivity index (χ4v) is 1.33. The van der Waals surface area contributed by atoms with Crippen LogP contribution in [-0.4, -0.2) is 6.79 Å². The molecule has 0 saturated heterocycles. The van der Waals surface area contributed by atoms with Gasteiger partial charge in [0.25, 0.3) is 0 Å². The minimum Gasteiger partial charge on any atom is -0.454 e. The van der Waals surface area contributed by atoms with E-state index in [2.05, 4.69) is 6.58 Å². The Bertz CT molecular complexity index is 347. The van der Waals surface area contributed by atoms with Crippen LogP contribution in [0.2, 0.25) is 0 Å². The van der Waals surface area contributed by atoms with E-state index in [1.165, 1.54) is 0 Å². The third-order valence-corrected chi connectivity index (χ3v) is 2.00. The molecule has 13 heavy (non-hydrogen) atoms. The van der Waals surface area contributed by atoms with Gasteiger partial charge in [0.2, 0.25) is 6.79 Å². The highest BCUT2D eigenvalue weighted by molar-refractivity contribution is 5.59. The normalized spacial score (nSPS) is 12.9. The Kier molecular flexibility index (Phi) is 1.85. The molecule has 0 saturated carbocycles. The third kappa shape index (κ3) is 1.33. The van der Waals surface area contributed by atoms with Crippen LogP contribution in [0.4, 0.5) is 5.69 Å². The summed E-state index contributed by atoms with van der Waals surface area (Å²) in [5, 5.41) is 0. The van der Waals surface area contributed by atoms with Crippen molar-refractivity contribution in [3.63, 3.8) is 0 Å². The lowest BCUT2D eigenvalue weighted by Gasteiger charge is -2.04. The summed E-state index contributed by atoms with van der Waals surface area (Å²) in [6.45, 7) is 3.95. The fraction of sp³-hybridized carbons (Fsp3) is 0.200. The summed E-state index contributed by atoms with van der Waals surface area (Å²) in [5.74, 6) is 1.50. The summed E-state index contributed by atoms with van der Waals surface area (Å²) in [5.41, 5.74) is 7.55. The van der Waals surface area contributed by atoms with Gasteiger partial charge in [0.15, 0.2) is 11.5 Å². The highest BCUT2D eigenvalue weighted by Crippen LogP contribution is 2.35. The summed E-state index contributed by atoms with van der Waals surface area (Å²) in [6, 6.07) is 3.69. The largest absolute Gasteiger partial charge is 0.454 e. The lowest BCUT2D eigenvalue weighted by Crippen LogP contribution is -1.92. The first kappa shape index (κ1) is 7.98. The lowest BCUT2D eigenvalue weighted by atomic mass is 10.1. The van der Waals surface area contributed by atoms with Crippen molar-refractivity contribution in [1.29, 1.82) is 0 Å². The van der Waals surface area contributed by atoms with Crippen molar-refractivity contribution >= 4 is 5.69 Å². The molecule has 3 nitrogen and oxygen atoms in total. The predicted octanol–water partition coefficient (Wildman–Crippen LogP) is 1.73. The van der Waals surface area contributed by atoms with Crippen molar-refractivity contribution in [2.24, 2.45) is 0 Å². The molecule has 0 bridgehead atoms. The van der Waals surface area contributed by atoms with Crippen molar-refractivity contribution in [3.05, 3.63) is 30.4 Å². The van der Waals surface area contributed by atoms with Crippen molar-refractivity contribution in [3.8, 4) is 11.5 Å². The molecular formula is C10H11NO2. The summed E-state index contributed by atoms with van der Waals surface area (Å²) in [4.78, 5) is 0.